The Balaban J connectivity index is 1.18. The predicted molar refractivity (Wildman–Crippen MR) is 181 cm³/mol. The van der Waals surface area contributed by atoms with Crippen LogP contribution in [-0.2, 0) is 26.3 Å². The van der Waals surface area contributed by atoms with E-state index < -0.39 is 16.4 Å². The monoisotopic (exact) mass is 637 g/mol. The van der Waals surface area contributed by atoms with E-state index in [0.717, 1.165) is 49.7 Å². The normalized spacial score (nSPS) is 37.6. The van der Waals surface area contributed by atoms with E-state index in [-0.39, 0.29) is 23.6 Å². The zero-order chi connectivity index (χ0) is 32.2. The van der Waals surface area contributed by atoms with E-state index >= 15 is 0 Å². The molecule has 2 heterocycles. The molecule has 1 aromatic rings. The maximum absolute atomic E-state index is 14.3. The number of ether oxygens (including phenoxy) is 2. The number of cyclic esters (lactones) is 1. The predicted octanol–water partition coefficient (Wildman–Crippen LogP) is 8.52. The van der Waals surface area contributed by atoms with E-state index in [0.29, 0.717) is 60.8 Å². The van der Waals surface area contributed by atoms with Gasteiger partial charge in [0.25, 0.3) is 0 Å². The van der Waals surface area contributed by atoms with E-state index in [1.165, 1.54) is 44.9 Å². The number of nitrogens with two attached hydrogens (primary N) is 1. The van der Waals surface area contributed by atoms with Crippen molar-refractivity contribution in [3.63, 3.8) is 0 Å². The number of carbonyl (C=O) groups is 2. The summed E-state index contributed by atoms with van der Waals surface area (Å²) in [5, 5.41) is 12.0. The summed E-state index contributed by atoms with van der Waals surface area (Å²) in [7, 11) is 0. The highest BCUT2D eigenvalue weighted by Crippen LogP contribution is 2.84. The number of aryl methyl sites for hydroxylation is 1. The second-order valence-electron chi connectivity index (χ2n) is 15.6. The standard InChI is InChI=1S/C41H51NO5/c42-26-10-18-30-17-8-20-32-35(30)37(44)47-41(32)34(23-22-27-11-1-2-12-27)39-24-5-6-25-40(39,41)36(46-38(39)45)33(43)21-9-16-29-15-7-14-28-13-3-4-19-31(28)29/h3-5,8,13,17,19-20,24,27-29,31,34,43H,1-2,6-7,9-12,14-16,18,21-23,25-26,42H2/b36-33+/t28-,29-,31+,34-,39-,40+,41+/m0/s1. The lowest BCUT2D eigenvalue weighted by Gasteiger charge is -2.68. The summed E-state index contributed by atoms with van der Waals surface area (Å²) in [5.74, 6) is 2.12. The molecule has 3 saturated carbocycles. The van der Waals surface area contributed by atoms with E-state index in [9.17, 15) is 14.7 Å². The number of hydrogen-bond acceptors (Lipinski definition) is 6. The molecule has 8 rings (SSSR count). The number of benzene rings is 1. The van der Waals surface area contributed by atoms with Crippen molar-refractivity contribution >= 4 is 11.9 Å². The minimum absolute atomic E-state index is 0.166. The fourth-order valence-electron chi connectivity index (χ4n) is 11.7. The molecule has 1 spiro atoms. The van der Waals surface area contributed by atoms with Crippen molar-refractivity contribution in [2.24, 2.45) is 46.2 Å². The molecule has 2 aliphatic heterocycles. The van der Waals surface area contributed by atoms with Gasteiger partial charge in [-0.1, -0.05) is 86.8 Å². The highest BCUT2D eigenvalue weighted by molar-refractivity contribution is 5.99. The van der Waals surface area contributed by atoms with E-state index in [1.54, 1.807) is 0 Å². The van der Waals surface area contributed by atoms with Crippen molar-refractivity contribution in [3.8, 4) is 0 Å². The third kappa shape index (κ3) is 4.38. The highest BCUT2D eigenvalue weighted by Gasteiger charge is 2.91. The van der Waals surface area contributed by atoms with Crippen LogP contribution in [0.3, 0.4) is 0 Å². The van der Waals surface area contributed by atoms with Gasteiger partial charge in [0.2, 0.25) is 0 Å². The van der Waals surface area contributed by atoms with Crippen molar-refractivity contribution in [2.45, 2.75) is 108 Å². The first kappa shape index (κ1) is 31.2. The number of rotatable bonds is 10. The van der Waals surface area contributed by atoms with Gasteiger partial charge in [-0.15, -0.1) is 0 Å². The fraction of sp³-hybridized carbons (Fsp3) is 0.610. The van der Waals surface area contributed by atoms with E-state index in [1.807, 2.05) is 12.1 Å². The summed E-state index contributed by atoms with van der Waals surface area (Å²) in [6.45, 7) is 0.546. The molecule has 1 aromatic carbocycles. The van der Waals surface area contributed by atoms with Crippen LogP contribution in [0, 0.1) is 40.4 Å². The molecule has 4 fully saturated rings. The summed E-state index contributed by atoms with van der Waals surface area (Å²) < 4.78 is 13.1. The molecule has 6 heteroatoms. The van der Waals surface area contributed by atoms with Gasteiger partial charge in [0.05, 0.1) is 11.0 Å². The highest BCUT2D eigenvalue weighted by atomic mass is 16.6. The van der Waals surface area contributed by atoms with Gasteiger partial charge in [-0.25, -0.2) is 4.79 Å². The summed E-state index contributed by atoms with van der Waals surface area (Å²) in [6, 6.07) is 6.10. The Hall–Kier alpha value is -3.12. The first-order valence-electron chi connectivity index (χ1n) is 18.7. The van der Waals surface area contributed by atoms with Crippen LogP contribution in [0.4, 0.5) is 0 Å². The second-order valence-corrected chi connectivity index (χ2v) is 15.6. The molecular formula is C41H51NO5. The van der Waals surface area contributed by atoms with Gasteiger partial charge in [0.1, 0.15) is 11.2 Å². The first-order valence-corrected chi connectivity index (χ1v) is 18.7. The number of esters is 2. The Morgan fingerprint density at radius 1 is 0.979 bits per heavy atom. The lowest BCUT2D eigenvalue weighted by atomic mass is 9.31. The van der Waals surface area contributed by atoms with Crippen LogP contribution in [0.1, 0.15) is 118 Å². The summed E-state index contributed by atoms with van der Waals surface area (Å²) >= 11 is 0. The lowest BCUT2D eigenvalue weighted by Crippen LogP contribution is -2.75. The minimum Gasteiger partial charge on any atom is -0.509 e. The van der Waals surface area contributed by atoms with Crippen molar-refractivity contribution in [1.82, 2.24) is 0 Å². The maximum Gasteiger partial charge on any atom is 0.339 e. The third-order valence-corrected chi connectivity index (χ3v) is 13.6. The molecular weight excluding hydrogens is 586 g/mol. The van der Waals surface area contributed by atoms with Gasteiger partial charge in [-0.2, -0.15) is 0 Å². The van der Waals surface area contributed by atoms with Crippen molar-refractivity contribution < 1.29 is 24.2 Å². The van der Waals surface area contributed by atoms with Crippen LogP contribution in [0.15, 0.2) is 66.2 Å². The molecule has 0 aromatic heterocycles. The van der Waals surface area contributed by atoms with Gasteiger partial charge in [-0.05, 0) is 100.0 Å². The molecule has 250 valence electrons. The van der Waals surface area contributed by atoms with Crippen LogP contribution in [0.25, 0.3) is 0 Å². The number of carbonyl (C=O) groups excluding carboxylic acids is 2. The molecule has 0 bridgehead atoms. The number of aliphatic hydroxyl groups excluding tert-OH is 1. The Morgan fingerprint density at radius 3 is 2.68 bits per heavy atom. The summed E-state index contributed by atoms with van der Waals surface area (Å²) in [6.07, 6.45) is 28.9. The van der Waals surface area contributed by atoms with Crippen molar-refractivity contribution in [2.75, 3.05) is 6.54 Å². The molecule has 1 saturated heterocycles. The lowest BCUT2D eigenvalue weighted by molar-refractivity contribution is -0.272. The number of fused-ring (bicyclic) bond motifs is 3. The Labute approximate surface area is 279 Å². The quantitative estimate of drug-likeness (QED) is 0.152. The maximum atomic E-state index is 14.3. The summed E-state index contributed by atoms with van der Waals surface area (Å²) in [5.41, 5.74) is 5.43. The molecule has 3 N–H and O–H groups in total. The molecule has 47 heavy (non-hydrogen) atoms. The Morgan fingerprint density at radius 2 is 1.83 bits per heavy atom. The smallest absolute Gasteiger partial charge is 0.339 e. The van der Waals surface area contributed by atoms with Gasteiger partial charge in [0, 0.05) is 17.9 Å². The third-order valence-electron chi connectivity index (χ3n) is 13.6. The van der Waals surface area contributed by atoms with Crippen LogP contribution in [0.5, 0.6) is 0 Å². The van der Waals surface area contributed by atoms with Gasteiger partial charge >= 0.3 is 11.9 Å². The van der Waals surface area contributed by atoms with Crippen LogP contribution in [0.2, 0.25) is 0 Å². The van der Waals surface area contributed by atoms with E-state index in [4.69, 9.17) is 15.2 Å². The Bertz CT molecular complexity index is 1550. The average molecular weight is 638 g/mol. The second kappa shape index (κ2) is 12.1. The fourth-order valence-corrected chi connectivity index (χ4v) is 11.7. The van der Waals surface area contributed by atoms with Crippen molar-refractivity contribution in [3.05, 3.63) is 82.9 Å². The number of aliphatic hydroxyl groups is 1. The van der Waals surface area contributed by atoms with Crippen LogP contribution >= 0.6 is 0 Å². The average Bonchev–Trinajstić information content (AvgIpc) is 3.79. The Kier molecular flexibility index (Phi) is 8.02. The van der Waals surface area contributed by atoms with Gasteiger partial charge in [0.15, 0.2) is 11.4 Å². The first-order chi connectivity index (χ1) is 23.0. The molecule has 5 aliphatic carbocycles. The van der Waals surface area contributed by atoms with E-state index in [2.05, 4.69) is 42.5 Å². The van der Waals surface area contributed by atoms with Crippen LogP contribution in [-0.4, -0.2) is 23.6 Å². The molecule has 0 unspecified atom stereocenters. The van der Waals surface area contributed by atoms with Gasteiger partial charge < -0.3 is 20.3 Å². The van der Waals surface area contributed by atoms with Gasteiger partial charge in [-0.3, -0.25) is 4.79 Å². The molecule has 7 aliphatic rings. The number of hydrogen-bond donors (Lipinski definition) is 2. The minimum atomic E-state index is -1.05. The topological polar surface area (TPSA) is 98.9 Å². The van der Waals surface area contributed by atoms with Crippen LogP contribution < -0.4 is 5.73 Å². The molecule has 0 radical (unpaired) electrons. The molecule has 7 atom stereocenters. The molecule has 6 nitrogen and oxygen atoms in total. The zero-order valence-corrected chi connectivity index (χ0v) is 27.8. The molecule has 0 amide bonds. The summed E-state index contributed by atoms with van der Waals surface area (Å²) in [4.78, 5) is 28.4. The number of allylic oxidation sites excluding steroid dienone is 6. The SMILES string of the molecule is NCCCc1cccc2c1C(=O)O[C@@]21[C@@H](CCC2CCCC2)[C@]23C=CCC[C@]12/C(=C(\O)CCC[C@@H]1CCC[C@@H]2C=CC=C[C@@H]12)OC3=O. The zero-order valence-electron chi connectivity index (χ0n) is 27.8. The van der Waals surface area contributed by atoms with Crippen molar-refractivity contribution in [1.29, 1.82) is 0 Å². The largest absolute Gasteiger partial charge is 0.509 e.